The van der Waals surface area contributed by atoms with Crippen LogP contribution in [0.3, 0.4) is 0 Å². The van der Waals surface area contributed by atoms with Crippen LogP contribution in [0.1, 0.15) is 63.0 Å². The molecular formula is C21H28N4O. The van der Waals surface area contributed by atoms with E-state index >= 15 is 0 Å². The van der Waals surface area contributed by atoms with Gasteiger partial charge in [-0.05, 0) is 38.2 Å². The highest BCUT2D eigenvalue weighted by Crippen LogP contribution is 2.33. The molecule has 3 rings (SSSR count). The first-order valence-electron chi connectivity index (χ1n) is 9.25. The molecule has 1 saturated carbocycles. The predicted molar refractivity (Wildman–Crippen MR) is 107 cm³/mol. The number of nitrogens with two attached hydrogens (primary N) is 2. The zero-order valence-electron chi connectivity index (χ0n) is 15.7. The van der Waals surface area contributed by atoms with E-state index in [1.54, 1.807) is 13.8 Å². The van der Waals surface area contributed by atoms with E-state index in [4.69, 9.17) is 16.2 Å². The second-order valence-electron chi connectivity index (χ2n) is 7.27. The number of benzene rings is 1. The highest BCUT2D eigenvalue weighted by Gasteiger charge is 2.36. The summed E-state index contributed by atoms with van der Waals surface area (Å²) in [5.74, 6) is 0.965. The molecule has 0 radical (unpaired) electrons. The van der Waals surface area contributed by atoms with Crippen LogP contribution in [0.5, 0.6) is 0 Å². The van der Waals surface area contributed by atoms with Gasteiger partial charge in [0.15, 0.2) is 0 Å². The maximum Gasteiger partial charge on any atom is 0.243 e. The van der Waals surface area contributed by atoms with E-state index in [-0.39, 0.29) is 0 Å². The molecule has 1 aromatic carbocycles. The monoisotopic (exact) mass is 352 g/mol. The highest BCUT2D eigenvalue weighted by molar-refractivity contribution is 6.13. The van der Waals surface area contributed by atoms with Crippen molar-refractivity contribution in [3.05, 3.63) is 59.6 Å². The van der Waals surface area contributed by atoms with Gasteiger partial charge in [-0.3, -0.25) is 5.73 Å². The van der Waals surface area contributed by atoms with E-state index < -0.39 is 5.72 Å². The largest absolute Gasteiger partial charge is 0.449 e. The summed E-state index contributed by atoms with van der Waals surface area (Å²) < 4.78 is 5.89. The first kappa shape index (κ1) is 18.4. The minimum atomic E-state index is -1.09. The van der Waals surface area contributed by atoms with Crippen LogP contribution in [-0.2, 0) is 4.74 Å². The van der Waals surface area contributed by atoms with Gasteiger partial charge in [-0.15, -0.1) is 0 Å². The summed E-state index contributed by atoms with van der Waals surface area (Å²) in [5.41, 5.74) is 15.3. The number of ether oxygens (including phenoxy) is 1. The lowest BCUT2D eigenvalue weighted by Crippen LogP contribution is -2.52. The smallest absolute Gasteiger partial charge is 0.243 e. The van der Waals surface area contributed by atoms with Gasteiger partial charge in [-0.25, -0.2) is 9.98 Å². The van der Waals surface area contributed by atoms with Crippen LogP contribution >= 0.6 is 0 Å². The van der Waals surface area contributed by atoms with Gasteiger partial charge in [-0.2, -0.15) is 0 Å². The molecule has 26 heavy (non-hydrogen) atoms. The van der Waals surface area contributed by atoms with Crippen molar-refractivity contribution in [2.75, 3.05) is 0 Å². The SMILES string of the molecule is C=C/N=C1/OC(C)(N)C(c2ccc(C3CCCCC3)cc2)=N/C1=C(/C)N. The Labute approximate surface area is 155 Å². The van der Waals surface area contributed by atoms with Crippen LogP contribution in [0.15, 0.2) is 58.4 Å². The number of allylic oxidation sites excluding steroid dienone is 1. The average Bonchev–Trinajstić information content (AvgIpc) is 2.62. The molecular weight excluding hydrogens is 324 g/mol. The lowest BCUT2D eigenvalue weighted by molar-refractivity contribution is 0.151. The third kappa shape index (κ3) is 3.73. The molecule has 1 unspecified atom stereocenters. The Bertz CT molecular complexity index is 762. The minimum absolute atomic E-state index is 0.299. The zero-order valence-corrected chi connectivity index (χ0v) is 15.7. The van der Waals surface area contributed by atoms with Gasteiger partial charge in [0.2, 0.25) is 11.6 Å². The third-order valence-corrected chi connectivity index (χ3v) is 5.05. The molecule has 5 nitrogen and oxygen atoms in total. The standard InChI is InChI=1S/C21H28N4O/c1-4-24-20-18(14(2)22)25-19(21(3,23)26-20)17-12-10-16(11-13-17)15-8-6-5-7-9-15/h4,10-13,15H,1,5-9,22-23H2,2-3H3/b18-14-,24-20+. The number of aliphatic imine (C=N–C) groups is 2. The van der Waals surface area contributed by atoms with Crippen LogP contribution in [0.2, 0.25) is 0 Å². The van der Waals surface area contributed by atoms with Gasteiger partial charge in [0, 0.05) is 17.5 Å². The molecule has 1 aliphatic heterocycles. The summed E-state index contributed by atoms with van der Waals surface area (Å²) in [7, 11) is 0. The molecule has 4 N–H and O–H groups in total. The van der Waals surface area contributed by atoms with Crippen LogP contribution in [-0.4, -0.2) is 17.3 Å². The Hall–Kier alpha value is -2.40. The van der Waals surface area contributed by atoms with Crippen LogP contribution < -0.4 is 11.5 Å². The highest BCUT2D eigenvalue weighted by atomic mass is 16.5. The van der Waals surface area contributed by atoms with Gasteiger partial charge < -0.3 is 10.5 Å². The summed E-state index contributed by atoms with van der Waals surface area (Å²) in [6.45, 7) is 7.15. The molecule has 0 saturated heterocycles. The molecule has 1 fully saturated rings. The van der Waals surface area contributed by atoms with Crippen molar-refractivity contribution < 1.29 is 4.74 Å². The number of hydrogen-bond acceptors (Lipinski definition) is 5. The first-order valence-corrected chi connectivity index (χ1v) is 9.25. The molecule has 1 atom stereocenters. The molecule has 0 spiro atoms. The number of hydrogen-bond donors (Lipinski definition) is 2. The molecule has 0 aromatic heterocycles. The lowest BCUT2D eigenvalue weighted by atomic mass is 9.83. The normalized spacial score (nSPS) is 27.7. The van der Waals surface area contributed by atoms with Crippen molar-refractivity contribution in [2.24, 2.45) is 21.5 Å². The minimum Gasteiger partial charge on any atom is -0.449 e. The quantitative estimate of drug-likeness (QED) is 0.863. The van der Waals surface area contributed by atoms with E-state index in [0.717, 1.165) is 5.56 Å². The molecule has 0 amide bonds. The summed E-state index contributed by atoms with van der Waals surface area (Å²) in [5, 5.41) is 0. The molecule has 2 aliphatic rings. The summed E-state index contributed by atoms with van der Waals surface area (Å²) in [6.07, 6.45) is 7.95. The van der Waals surface area contributed by atoms with E-state index in [9.17, 15) is 0 Å². The zero-order chi connectivity index (χ0) is 18.7. The molecule has 5 heteroatoms. The van der Waals surface area contributed by atoms with E-state index in [2.05, 4.69) is 40.8 Å². The molecule has 1 heterocycles. The van der Waals surface area contributed by atoms with Crippen molar-refractivity contribution in [1.82, 2.24) is 0 Å². The lowest BCUT2D eigenvalue weighted by Gasteiger charge is -2.33. The first-order chi connectivity index (χ1) is 12.4. The van der Waals surface area contributed by atoms with Crippen LogP contribution in [0, 0.1) is 0 Å². The Morgan fingerprint density at radius 1 is 1.27 bits per heavy atom. The van der Waals surface area contributed by atoms with Crippen molar-refractivity contribution >= 4 is 11.6 Å². The maximum absolute atomic E-state index is 6.39. The number of rotatable bonds is 3. The van der Waals surface area contributed by atoms with Crippen molar-refractivity contribution in [3.63, 3.8) is 0 Å². The second kappa shape index (κ2) is 7.46. The summed E-state index contributed by atoms with van der Waals surface area (Å²) in [4.78, 5) is 8.81. The van der Waals surface area contributed by atoms with Gasteiger partial charge in [0.1, 0.15) is 11.4 Å². The fourth-order valence-electron chi connectivity index (χ4n) is 3.70. The van der Waals surface area contributed by atoms with Crippen molar-refractivity contribution in [3.8, 4) is 0 Å². The third-order valence-electron chi connectivity index (χ3n) is 5.05. The predicted octanol–water partition coefficient (Wildman–Crippen LogP) is 3.96. The van der Waals surface area contributed by atoms with E-state index in [0.29, 0.717) is 28.9 Å². The van der Waals surface area contributed by atoms with Crippen LogP contribution in [0.25, 0.3) is 0 Å². The fourth-order valence-corrected chi connectivity index (χ4v) is 3.70. The molecule has 1 aromatic rings. The molecule has 0 bridgehead atoms. The molecule has 1 aliphatic carbocycles. The Morgan fingerprint density at radius 2 is 1.92 bits per heavy atom. The van der Waals surface area contributed by atoms with Crippen molar-refractivity contribution in [1.29, 1.82) is 0 Å². The fraction of sp³-hybridized carbons (Fsp3) is 0.429. The summed E-state index contributed by atoms with van der Waals surface area (Å²) in [6, 6.07) is 8.54. The van der Waals surface area contributed by atoms with Crippen LogP contribution in [0.4, 0.5) is 0 Å². The Kier molecular flexibility index (Phi) is 5.28. The summed E-state index contributed by atoms with van der Waals surface area (Å²) >= 11 is 0. The average molecular weight is 352 g/mol. The van der Waals surface area contributed by atoms with Crippen molar-refractivity contribution in [2.45, 2.75) is 57.6 Å². The van der Waals surface area contributed by atoms with Gasteiger partial charge in [0.05, 0.1) is 0 Å². The molecule has 138 valence electrons. The van der Waals surface area contributed by atoms with E-state index in [1.165, 1.54) is 43.9 Å². The van der Waals surface area contributed by atoms with E-state index in [1.807, 2.05) is 0 Å². The second-order valence-corrected chi connectivity index (χ2v) is 7.27. The topological polar surface area (TPSA) is 86.0 Å². The van der Waals surface area contributed by atoms with Gasteiger partial charge in [0.25, 0.3) is 0 Å². The Morgan fingerprint density at radius 3 is 2.50 bits per heavy atom. The van der Waals surface area contributed by atoms with Gasteiger partial charge >= 0.3 is 0 Å². The van der Waals surface area contributed by atoms with Gasteiger partial charge in [-0.1, -0.05) is 50.1 Å². The number of nitrogens with zero attached hydrogens (tertiary/aromatic N) is 2. The Balaban J connectivity index is 1.96. The maximum atomic E-state index is 6.39.